The number of rotatable bonds is 11. The standard InChI is InChI=1S/C26H30F6O2/c1-2-3-4-17-5-7-18(8-6-17)9-10-19-11-13-20(14-12-19)26(31,32)34-21-15-22(27)24(23(28)16-21)33-25(29)30/h11-18,25H,2-10H2,1H3. The summed E-state index contributed by atoms with van der Waals surface area (Å²) in [6.07, 6.45) is 6.73. The van der Waals surface area contributed by atoms with E-state index in [1.165, 1.54) is 57.1 Å². The molecule has 1 aliphatic rings. The van der Waals surface area contributed by atoms with Gasteiger partial charge in [0.15, 0.2) is 17.4 Å². The summed E-state index contributed by atoms with van der Waals surface area (Å²) in [6.45, 7) is -1.25. The van der Waals surface area contributed by atoms with Crippen LogP contribution in [0.4, 0.5) is 26.3 Å². The van der Waals surface area contributed by atoms with Crippen molar-refractivity contribution in [2.24, 2.45) is 11.8 Å². The van der Waals surface area contributed by atoms with Crippen molar-refractivity contribution in [2.75, 3.05) is 0 Å². The molecule has 0 aromatic heterocycles. The van der Waals surface area contributed by atoms with Gasteiger partial charge in [0.1, 0.15) is 5.75 Å². The Labute approximate surface area is 196 Å². The van der Waals surface area contributed by atoms with Gasteiger partial charge in [-0.3, -0.25) is 0 Å². The molecule has 0 atom stereocenters. The molecule has 0 aliphatic heterocycles. The third-order valence-corrected chi connectivity index (χ3v) is 6.49. The molecule has 8 heteroatoms. The van der Waals surface area contributed by atoms with Gasteiger partial charge in [-0.2, -0.15) is 17.6 Å². The number of unbranched alkanes of at least 4 members (excludes halogenated alkanes) is 1. The number of hydrogen-bond acceptors (Lipinski definition) is 2. The van der Waals surface area contributed by atoms with Crippen molar-refractivity contribution in [3.8, 4) is 11.5 Å². The minimum absolute atomic E-state index is 0.375. The number of aryl methyl sites for hydroxylation is 1. The van der Waals surface area contributed by atoms with E-state index in [0.717, 1.165) is 24.3 Å². The van der Waals surface area contributed by atoms with Gasteiger partial charge in [-0.15, -0.1) is 0 Å². The smallest absolute Gasteiger partial charge is 0.426 e. The Kier molecular flexibility index (Phi) is 9.14. The van der Waals surface area contributed by atoms with Crippen LogP contribution in [-0.4, -0.2) is 6.61 Å². The molecule has 2 aromatic carbocycles. The van der Waals surface area contributed by atoms with Crippen molar-refractivity contribution in [1.29, 1.82) is 0 Å². The van der Waals surface area contributed by atoms with Crippen molar-refractivity contribution in [3.05, 3.63) is 59.2 Å². The molecule has 34 heavy (non-hydrogen) atoms. The first kappa shape index (κ1) is 26.2. The highest BCUT2D eigenvalue weighted by atomic mass is 19.3. The summed E-state index contributed by atoms with van der Waals surface area (Å²) in [5.74, 6) is -3.84. The Bertz CT molecular complexity index is 885. The van der Waals surface area contributed by atoms with Gasteiger partial charge in [0.25, 0.3) is 0 Å². The minimum Gasteiger partial charge on any atom is -0.429 e. The third kappa shape index (κ3) is 7.31. The molecule has 0 unspecified atom stereocenters. The van der Waals surface area contributed by atoms with E-state index < -0.39 is 41.4 Å². The molecule has 0 heterocycles. The molecule has 0 amide bonds. The average molecular weight is 489 g/mol. The number of benzene rings is 2. The fraction of sp³-hybridized carbons (Fsp3) is 0.538. The van der Waals surface area contributed by atoms with Crippen LogP contribution in [0.25, 0.3) is 0 Å². The molecule has 2 aromatic rings. The molecular weight excluding hydrogens is 458 g/mol. The second kappa shape index (κ2) is 11.8. The van der Waals surface area contributed by atoms with Crippen LogP contribution in [0, 0.1) is 23.5 Å². The predicted molar refractivity (Wildman–Crippen MR) is 117 cm³/mol. The third-order valence-electron chi connectivity index (χ3n) is 6.49. The number of ether oxygens (including phenoxy) is 2. The Morgan fingerprint density at radius 3 is 2.00 bits per heavy atom. The van der Waals surface area contributed by atoms with Crippen LogP contribution in [0.5, 0.6) is 11.5 Å². The molecule has 0 saturated heterocycles. The largest absolute Gasteiger partial charge is 0.429 e. The van der Waals surface area contributed by atoms with Crippen molar-refractivity contribution in [1.82, 2.24) is 0 Å². The van der Waals surface area contributed by atoms with E-state index in [9.17, 15) is 26.3 Å². The SMILES string of the molecule is CCCCC1CCC(CCc2ccc(C(F)(F)Oc3cc(F)c(OC(F)F)c(F)c3)cc2)CC1. The molecule has 3 rings (SSSR count). The van der Waals surface area contributed by atoms with Crippen molar-refractivity contribution in [2.45, 2.75) is 77.4 Å². The normalized spacial score (nSPS) is 18.8. The summed E-state index contributed by atoms with van der Waals surface area (Å²) in [5.41, 5.74) is 0.444. The number of hydrogen-bond donors (Lipinski definition) is 0. The lowest BCUT2D eigenvalue weighted by Crippen LogP contribution is -2.22. The number of alkyl halides is 4. The molecule has 0 bridgehead atoms. The van der Waals surface area contributed by atoms with Crippen LogP contribution in [0.2, 0.25) is 0 Å². The van der Waals surface area contributed by atoms with Gasteiger partial charge in [0.2, 0.25) is 0 Å². The first-order chi connectivity index (χ1) is 16.2. The quantitative estimate of drug-likeness (QED) is 0.295. The van der Waals surface area contributed by atoms with Crippen LogP contribution in [0.1, 0.15) is 69.4 Å². The molecule has 0 radical (unpaired) electrons. The minimum atomic E-state index is -3.88. The van der Waals surface area contributed by atoms with E-state index >= 15 is 0 Å². The number of halogens is 6. The fourth-order valence-corrected chi connectivity index (χ4v) is 4.54. The van der Waals surface area contributed by atoms with E-state index in [1.807, 2.05) is 0 Å². The van der Waals surface area contributed by atoms with Gasteiger partial charge >= 0.3 is 12.7 Å². The van der Waals surface area contributed by atoms with Crippen molar-refractivity contribution in [3.63, 3.8) is 0 Å². The van der Waals surface area contributed by atoms with E-state index in [-0.39, 0.29) is 0 Å². The summed E-state index contributed by atoms with van der Waals surface area (Å²) in [6, 6.07) is 6.39. The van der Waals surface area contributed by atoms with Gasteiger partial charge in [-0.05, 0) is 42.4 Å². The van der Waals surface area contributed by atoms with Crippen LogP contribution < -0.4 is 9.47 Å². The van der Waals surface area contributed by atoms with Crippen LogP contribution in [0.15, 0.2) is 36.4 Å². The lowest BCUT2D eigenvalue weighted by atomic mass is 9.78. The Morgan fingerprint density at radius 1 is 0.912 bits per heavy atom. The first-order valence-electron chi connectivity index (χ1n) is 11.8. The van der Waals surface area contributed by atoms with E-state index in [1.54, 1.807) is 12.1 Å². The van der Waals surface area contributed by atoms with Crippen molar-refractivity contribution < 1.29 is 35.8 Å². The summed E-state index contributed by atoms with van der Waals surface area (Å²) >= 11 is 0. The zero-order chi connectivity index (χ0) is 24.7. The molecule has 188 valence electrons. The Hall–Kier alpha value is -2.38. The van der Waals surface area contributed by atoms with Gasteiger partial charge in [0.05, 0.1) is 5.56 Å². The highest BCUT2D eigenvalue weighted by Gasteiger charge is 2.35. The predicted octanol–water partition coefficient (Wildman–Crippen LogP) is 8.62. The highest BCUT2D eigenvalue weighted by Crippen LogP contribution is 2.36. The summed E-state index contributed by atoms with van der Waals surface area (Å²) in [5, 5.41) is 0. The van der Waals surface area contributed by atoms with Gasteiger partial charge in [0, 0.05) is 12.1 Å². The summed E-state index contributed by atoms with van der Waals surface area (Å²) in [4.78, 5) is 0. The van der Waals surface area contributed by atoms with Crippen LogP contribution in [0.3, 0.4) is 0 Å². The van der Waals surface area contributed by atoms with E-state index in [4.69, 9.17) is 0 Å². The summed E-state index contributed by atoms with van der Waals surface area (Å²) in [7, 11) is 0. The molecule has 1 fully saturated rings. The maximum absolute atomic E-state index is 14.5. The van der Waals surface area contributed by atoms with Gasteiger partial charge in [-0.25, -0.2) is 8.78 Å². The van der Waals surface area contributed by atoms with Gasteiger partial charge < -0.3 is 9.47 Å². The zero-order valence-electron chi connectivity index (χ0n) is 19.1. The van der Waals surface area contributed by atoms with Gasteiger partial charge in [-0.1, -0.05) is 64.0 Å². The average Bonchev–Trinajstić information content (AvgIpc) is 2.79. The second-order valence-corrected chi connectivity index (χ2v) is 8.98. The Morgan fingerprint density at radius 2 is 1.47 bits per heavy atom. The monoisotopic (exact) mass is 488 g/mol. The first-order valence-corrected chi connectivity index (χ1v) is 11.8. The maximum atomic E-state index is 14.5. The molecule has 2 nitrogen and oxygen atoms in total. The van der Waals surface area contributed by atoms with E-state index in [0.29, 0.717) is 18.1 Å². The molecule has 1 saturated carbocycles. The lowest BCUT2D eigenvalue weighted by Gasteiger charge is -2.28. The van der Waals surface area contributed by atoms with Crippen molar-refractivity contribution >= 4 is 0 Å². The summed E-state index contributed by atoms with van der Waals surface area (Å²) < 4.78 is 89.3. The lowest BCUT2D eigenvalue weighted by molar-refractivity contribution is -0.185. The zero-order valence-corrected chi connectivity index (χ0v) is 19.1. The van der Waals surface area contributed by atoms with Crippen LogP contribution in [-0.2, 0) is 12.5 Å². The second-order valence-electron chi connectivity index (χ2n) is 8.98. The van der Waals surface area contributed by atoms with E-state index in [2.05, 4.69) is 16.4 Å². The topological polar surface area (TPSA) is 18.5 Å². The fourth-order valence-electron chi connectivity index (χ4n) is 4.54. The molecule has 0 N–H and O–H groups in total. The molecule has 1 aliphatic carbocycles. The Balaban J connectivity index is 1.54. The maximum Gasteiger partial charge on any atom is 0.426 e. The highest BCUT2D eigenvalue weighted by molar-refractivity contribution is 5.36. The van der Waals surface area contributed by atoms with Crippen LogP contribution >= 0.6 is 0 Å². The molecule has 0 spiro atoms. The molecular formula is C26H30F6O2.